The van der Waals surface area contributed by atoms with Crippen LogP contribution in [-0.2, 0) is 14.3 Å². The van der Waals surface area contributed by atoms with Crippen molar-refractivity contribution in [2.24, 2.45) is 29.6 Å². The zero-order valence-electron chi connectivity index (χ0n) is 13.8. The Bertz CT molecular complexity index is 427. The van der Waals surface area contributed by atoms with Gasteiger partial charge in [0.15, 0.2) is 0 Å². The number of ketones is 1. The predicted octanol–water partition coefficient (Wildman–Crippen LogP) is 2.58. The molecular formula is C17H28O4. The van der Waals surface area contributed by atoms with Crippen LogP contribution in [0.25, 0.3) is 0 Å². The quantitative estimate of drug-likeness (QED) is 0.765. The Balaban J connectivity index is 2.02. The van der Waals surface area contributed by atoms with Crippen LogP contribution in [0.4, 0.5) is 0 Å². The number of Topliss-reactive ketones (excluding diaryl/α,β-unsaturated/α-hetero) is 1. The molecule has 0 aliphatic heterocycles. The summed E-state index contributed by atoms with van der Waals surface area (Å²) in [5.74, 6) is 1.98. The molecule has 2 saturated carbocycles. The summed E-state index contributed by atoms with van der Waals surface area (Å²) in [5.41, 5.74) is -0.926. The third-order valence-corrected chi connectivity index (χ3v) is 5.53. The molecule has 0 spiro atoms. The van der Waals surface area contributed by atoms with Crippen LogP contribution in [0, 0.1) is 29.6 Å². The van der Waals surface area contributed by atoms with Crippen LogP contribution in [0.2, 0.25) is 0 Å². The summed E-state index contributed by atoms with van der Waals surface area (Å²) >= 11 is 0. The molecule has 6 unspecified atom stereocenters. The molecule has 0 aromatic rings. The fourth-order valence-electron chi connectivity index (χ4n) is 4.52. The second kappa shape index (κ2) is 5.71. The van der Waals surface area contributed by atoms with Gasteiger partial charge in [0.05, 0.1) is 0 Å². The lowest BCUT2D eigenvalue weighted by molar-refractivity contribution is -0.161. The lowest BCUT2D eigenvalue weighted by Crippen LogP contribution is -2.42. The van der Waals surface area contributed by atoms with Crippen molar-refractivity contribution in [1.29, 1.82) is 0 Å². The van der Waals surface area contributed by atoms with Gasteiger partial charge in [0.2, 0.25) is 0 Å². The number of rotatable bonds is 6. The van der Waals surface area contributed by atoms with Gasteiger partial charge in [0.1, 0.15) is 17.5 Å². The molecule has 4 heteroatoms. The SMILES string of the molecule is CC(=O)CCC(C(C)C)C1C2CC(OC(C)=O)C(C)(O)C21. The van der Waals surface area contributed by atoms with Crippen LogP contribution in [0.3, 0.4) is 0 Å². The summed E-state index contributed by atoms with van der Waals surface area (Å²) in [4.78, 5) is 22.4. The Morgan fingerprint density at radius 2 is 1.95 bits per heavy atom. The van der Waals surface area contributed by atoms with Gasteiger partial charge in [-0.3, -0.25) is 4.79 Å². The third-order valence-electron chi connectivity index (χ3n) is 5.53. The van der Waals surface area contributed by atoms with E-state index in [0.717, 1.165) is 12.8 Å². The number of ether oxygens (including phenoxy) is 1. The van der Waals surface area contributed by atoms with E-state index in [4.69, 9.17) is 4.74 Å². The topological polar surface area (TPSA) is 63.6 Å². The first kappa shape index (κ1) is 16.5. The zero-order chi connectivity index (χ0) is 15.9. The van der Waals surface area contributed by atoms with Gasteiger partial charge in [-0.05, 0) is 56.3 Å². The van der Waals surface area contributed by atoms with Gasteiger partial charge in [-0.1, -0.05) is 13.8 Å². The third kappa shape index (κ3) is 3.15. The highest BCUT2D eigenvalue weighted by molar-refractivity contribution is 5.75. The molecule has 0 radical (unpaired) electrons. The van der Waals surface area contributed by atoms with Gasteiger partial charge in [0, 0.05) is 13.3 Å². The number of carbonyl (C=O) groups excluding carboxylic acids is 2. The lowest BCUT2D eigenvalue weighted by Gasteiger charge is -2.32. The number of aliphatic hydroxyl groups is 1. The van der Waals surface area contributed by atoms with E-state index in [9.17, 15) is 14.7 Å². The van der Waals surface area contributed by atoms with Crippen LogP contribution >= 0.6 is 0 Å². The molecule has 0 aromatic carbocycles. The molecule has 0 aromatic heterocycles. The van der Waals surface area contributed by atoms with Gasteiger partial charge < -0.3 is 14.6 Å². The molecule has 6 atom stereocenters. The van der Waals surface area contributed by atoms with Crippen LogP contribution in [0.15, 0.2) is 0 Å². The maximum absolute atomic E-state index is 11.3. The predicted molar refractivity (Wildman–Crippen MR) is 79.5 cm³/mol. The van der Waals surface area contributed by atoms with E-state index in [0.29, 0.717) is 30.1 Å². The van der Waals surface area contributed by atoms with Crippen molar-refractivity contribution in [1.82, 2.24) is 0 Å². The molecule has 2 rings (SSSR count). The van der Waals surface area contributed by atoms with Crippen LogP contribution < -0.4 is 0 Å². The molecule has 120 valence electrons. The average Bonchev–Trinajstić information content (AvgIpc) is 2.94. The number of hydrogen-bond acceptors (Lipinski definition) is 4. The summed E-state index contributed by atoms with van der Waals surface area (Å²) in [5, 5.41) is 10.7. The first-order valence-corrected chi connectivity index (χ1v) is 8.05. The van der Waals surface area contributed by atoms with E-state index in [1.165, 1.54) is 6.92 Å². The second-order valence-corrected chi connectivity index (χ2v) is 7.48. The summed E-state index contributed by atoms with van der Waals surface area (Å²) in [6.07, 6.45) is 1.90. The Hall–Kier alpha value is -0.900. The molecule has 4 nitrogen and oxygen atoms in total. The van der Waals surface area contributed by atoms with Gasteiger partial charge in [-0.2, -0.15) is 0 Å². The minimum atomic E-state index is -0.926. The van der Waals surface area contributed by atoms with E-state index >= 15 is 0 Å². The van der Waals surface area contributed by atoms with E-state index in [1.54, 1.807) is 13.8 Å². The molecule has 2 fully saturated rings. The smallest absolute Gasteiger partial charge is 0.303 e. The summed E-state index contributed by atoms with van der Waals surface area (Å²) in [7, 11) is 0. The molecule has 2 aliphatic carbocycles. The molecule has 0 amide bonds. The fraction of sp³-hybridized carbons (Fsp3) is 0.882. The normalized spacial score (nSPS) is 39.0. The first-order chi connectivity index (χ1) is 9.66. The number of esters is 1. The Labute approximate surface area is 127 Å². The van der Waals surface area contributed by atoms with Crippen LogP contribution in [0.1, 0.15) is 53.9 Å². The van der Waals surface area contributed by atoms with Crippen molar-refractivity contribution in [2.45, 2.75) is 65.6 Å². The van der Waals surface area contributed by atoms with Crippen molar-refractivity contribution in [2.75, 3.05) is 0 Å². The minimum absolute atomic E-state index is 0.209. The van der Waals surface area contributed by atoms with E-state index in [-0.39, 0.29) is 23.8 Å². The molecule has 0 heterocycles. The highest BCUT2D eigenvalue weighted by atomic mass is 16.6. The monoisotopic (exact) mass is 296 g/mol. The van der Waals surface area contributed by atoms with Crippen molar-refractivity contribution < 1.29 is 19.4 Å². The second-order valence-electron chi connectivity index (χ2n) is 7.48. The minimum Gasteiger partial charge on any atom is -0.459 e. The van der Waals surface area contributed by atoms with E-state index < -0.39 is 5.60 Å². The fourth-order valence-corrected chi connectivity index (χ4v) is 4.52. The number of carbonyl (C=O) groups is 2. The van der Waals surface area contributed by atoms with Crippen LogP contribution in [-0.4, -0.2) is 28.6 Å². The molecule has 0 bridgehead atoms. The zero-order valence-corrected chi connectivity index (χ0v) is 13.8. The molecule has 2 aliphatic rings. The summed E-state index contributed by atoms with van der Waals surface area (Å²) < 4.78 is 5.27. The van der Waals surface area contributed by atoms with Crippen molar-refractivity contribution in [3.8, 4) is 0 Å². The molecule has 1 N–H and O–H groups in total. The maximum atomic E-state index is 11.3. The number of fused-ring (bicyclic) bond motifs is 1. The van der Waals surface area contributed by atoms with Gasteiger partial charge >= 0.3 is 5.97 Å². The largest absolute Gasteiger partial charge is 0.459 e. The standard InChI is InChI=1S/C17H28O4/c1-9(2)12(7-6-10(3)18)15-13-8-14(21-11(4)19)17(5,20)16(13)15/h9,12-16,20H,6-8H2,1-5H3. The number of hydrogen-bond donors (Lipinski definition) is 1. The Morgan fingerprint density at radius 1 is 1.33 bits per heavy atom. The summed E-state index contributed by atoms with van der Waals surface area (Å²) in [6, 6.07) is 0. The molecular weight excluding hydrogens is 268 g/mol. The van der Waals surface area contributed by atoms with Gasteiger partial charge in [-0.25, -0.2) is 0 Å². The van der Waals surface area contributed by atoms with E-state index in [1.807, 2.05) is 0 Å². The highest BCUT2D eigenvalue weighted by Crippen LogP contribution is 2.66. The average molecular weight is 296 g/mol. The first-order valence-electron chi connectivity index (χ1n) is 8.05. The maximum Gasteiger partial charge on any atom is 0.303 e. The van der Waals surface area contributed by atoms with Crippen LogP contribution in [0.5, 0.6) is 0 Å². The summed E-state index contributed by atoms with van der Waals surface area (Å²) in [6.45, 7) is 9.21. The van der Waals surface area contributed by atoms with Gasteiger partial charge in [-0.15, -0.1) is 0 Å². The molecule has 21 heavy (non-hydrogen) atoms. The van der Waals surface area contributed by atoms with E-state index in [2.05, 4.69) is 13.8 Å². The van der Waals surface area contributed by atoms with Gasteiger partial charge in [0.25, 0.3) is 0 Å². The van der Waals surface area contributed by atoms with Crippen molar-refractivity contribution in [3.05, 3.63) is 0 Å². The van der Waals surface area contributed by atoms with Crippen molar-refractivity contribution in [3.63, 3.8) is 0 Å². The Morgan fingerprint density at radius 3 is 2.33 bits per heavy atom. The molecule has 0 saturated heterocycles. The Kier molecular flexibility index (Phi) is 4.48. The highest BCUT2D eigenvalue weighted by Gasteiger charge is 2.69. The van der Waals surface area contributed by atoms with Crippen molar-refractivity contribution >= 4 is 11.8 Å². The lowest BCUT2D eigenvalue weighted by atomic mass is 9.80.